The minimum Gasteiger partial charge on any atom is -0.442 e. The number of carbonyl (C=O) groups is 2. The van der Waals surface area contributed by atoms with Crippen LogP contribution >= 0.6 is 0 Å². The zero-order valence-corrected chi connectivity index (χ0v) is 20.9. The Morgan fingerprint density at radius 1 is 1.27 bits per heavy atom. The van der Waals surface area contributed by atoms with Crippen molar-refractivity contribution < 1.29 is 35.9 Å². The molecule has 1 aromatic heterocycles. The predicted molar refractivity (Wildman–Crippen MR) is 128 cm³/mol. The number of sulfonamides is 1. The topological polar surface area (TPSA) is 124 Å². The number of halogens is 3. The number of pyridine rings is 1. The maximum absolute atomic E-state index is 15.1. The number of rotatable bonds is 12. The van der Waals surface area contributed by atoms with Gasteiger partial charge in [0, 0.05) is 25.8 Å². The Kier molecular flexibility index (Phi) is 9.29. The molecule has 2 heterocycles. The monoisotopic (exact) mass is 544 g/mol. The first-order valence-corrected chi connectivity index (χ1v) is 12.7. The molecule has 1 fully saturated rings. The smallest absolute Gasteiger partial charge is 0.414 e. The lowest BCUT2D eigenvalue weighted by Crippen LogP contribution is -2.45. The summed E-state index contributed by atoms with van der Waals surface area (Å²) in [4.78, 5) is 29.9. The average Bonchev–Trinajstić information content (AvgIpc) is 3.26. The number of anilines is 2. The summed E-state index contributed by atoms with van der Waals surface area (Å²) in [6.45, 7) is 1.88. The number of aromatic nitrogens is 1. The molecule has 37 heavy (non-hydrogen) atoms. The van der Waals surface area contributed by atoms with E-state index in [9.17, 15) is 26.8 Å². The zero-order chi connectivity index (χ0) is 27.2. The zero-order valence-electron chi connectivity index (χ0n) is 20.1. The molecule has 2 N–H and O–H groups in total. The number of nitrogens with zero attached hydrogens (tertiary/aromatic N) is 4. The highest BCUT2D eigenvalue weighted by atomic mass is 32.2. The number of likely N-dealkylation sites (N-methyl/N-ethyl adjacent to an activating group) is 1. The van der Waals surface area contributed by atoms with Crippen molar-refractivity contribution in [3.05, 3.63) is 48.4 Å². The maximum atomic E-state index is 15.1. The molecule has 0 spiro atoms. The van der Waals surface area contributed by atoms with Crippen molar-refractivity contribution in [2.75, 3.05) is 49.6 Å². The summed E-state index contributed by atoms with van der Waals surface area (Å²) in [6.07, 6.45) is -3.50. The minimum absolute atomic E-state index is 0.0189. The van der Waals surface area contributed by atoms with E-state index in [4.69, 9.17) is 4.74 Å². The molecule has 1 saturated heterocycles. The first-order valence-electron chi connectivity index (χ1n) is 11.3. The third-order valence-electron chi connectivity index (χ3n) is 5.56. The van der Waals surface area contributed by atoms with E-state index in [0.29, 0.717) is 6.54 Å². The fourth-order valence-corrected chi connectivity index (χ4v) is 4.91. The summed E-state index contributed by atoms with van der Waals surface area (Å²) < 4.78 is 71.5. The Morgan fingerprint density at radius 2 is 2.03 bits per heavy atom. The summed E-state index contributed by atoms with van der Waals surface area (Å²) >= 11 is 0. The first-order chi connectivity index (χ1) is 17.6. The highest BCUT2D eigenvalue weighted by molar-refractivity contribution is 7.89. The highest BCUT2D eigenvalue weighted by Crippen LogP contribution is 2.28. The molecule has 15 heteroatoms. The fraction of sp³-hybridized carbons (Fsp3) is 0.409. The summed E-state index contributed by atoms with van der Waals surface area (Å²) in [5.74, 6) is -2.14. The van der Waals surface area contributed by atoms with Crippen LogP contribution in [0.4, 0.5) is 29.3 Å². The number of cyclic esters (lactones) is 1. The molecule has 2 aromatic rings. The summed E-state index contributed by atoms with van der Waals surface area (Å²) in [5, 5.41) is 1.85. The van der Waals surface area contributed by atoms with Crippen molar-refractivity contribution in [2.45, 2.75) is 24.5 Å². The molecule has 11 nitrogen and oxygen atoms in total. The molecule has 1 aliphatic heterocycles. The van der Waals surface area contributed by atoms with Crippen molar-refractivity contribution in [2.24, 2.45) is 0 Å². The highest BCUT2D eigenvalue weighted by Gasteiger charge is 2.33. The van der Waals surface area contributed by atoms with Crippen molar-refractivity contribution in [3.63, 3.8) is 0 Å². The average molecular weight is 545 g/mol. The van der Waals surface area contributed by atoms with Crippen LogP contribution < -0.4 is 20.5 Å². The number of alkyl halides is 2. The van der Waals surface area contributed by atoms with Crippen LogP contribution in [-0.4, -0.2) is 82.1 Å². The van der Waals surface area contributed by atoms with Gasteiger partial charge in [0.05, 0.1) is 24.5 Å². The molecule has 202 valence electrons. The van der Waals surface area contributed by atoms with Crippen LogP contribution in [0.5, 0.6) is 0 Å². The quantitative estimate of drug-likeness (QED) is 0.386. The second-order valence-electron chi connectivity index (χ2n) is 7.85. The Bertz CT molecular complexity index is 1200. The Morgan fingerprint density at radius 3 is 2.62 bits per heavy atom. The van der Waals surface area contributed by atoms with E-state index < -0.39 is 40.4 Å². The predicted octanol–water partition coefficient (Wildman–Crippen LogP) is 1.58. The van der Waals surface area contributed by atoms with Gasteiger partial charge in [0.2, 0.25) is 0 Å². The van der Waals surface area contributed by atoms with Crippen molar-refractivity contribution in [3.8, 4) is 0 Å². The van der Waals surface area contributed by atoms with Crippen LogP contribution in [0.15, 0.2) is 47.6 Å². The van der Waals surface area contributed by atoms with Gasteiger partial charge in [-0.1, -0.05) is 6.07 Å². The molecular weight excluding hydrogens is 517 g/mol. The third-order valence-corrected chi connectivity index (χ3v) is 7.27. The number of benzene rings is 1. The molecule has 2 amide bonds. The van der Waals surface area contributed by atoms with Gasteiger partial charge in [-0.05, 0) is 44.3 Å². The number of amides is 2. The maximum Gasteiger partial charge on any atom is 0.414 e. The second kappa shape index (κ2) is 12.2. The molecular formula is C22H27F3N6O5S. The normalized spacial score (nSPS) is 15.8. The van der Waals surface area contributed by atoms with Crippen molar-refractivity contribution in [1.29, 1.82) is 0 Å². The van der Waals surface area contributed by atoms with Crippen molar-refractivity contribution >= 4 is 33.4 Å². The molecule has 1 aromatic carbocycles. The van der Waals surface area contributed by atoms with Gasteiger partial charge in [0.25, 0.3) is 15.9 Å². The Balaban J connectivity index is 1.67. The van der Waals surface area contributed by atoms with E-state index in [2.05, 4.69) is 10.4 Å². The van der Waals surface area contributed by atoms with E-state index in [1.54, 1.807) is 24.0 Å². The molecule has 3 rings (SSSR count). The van der Waals surface area contributed by atoms with Crippen LogP contribution in [0.1, 0.15) is 6.92 Å². The van der Waals surface area contributed by atoms with Gasteiger partial charge in [0.1, 0.15) is 11.9 Å². The van der Waals surface area contributed by atoms with E-state index in [1.807, 2.05) is 5.32 Å². The van der Waals surface area contributed by atoms with E-state index >= 15 is 4.39 Å². The molecule has 1 atom stereocenters. The Labute approximate surface area is 212 Å². The summed E-state index contributed by atoms with van der Waals surface area (Å²) in [5.41, 5.74) is 2.99. The largest absolute Gasteiger partial charge is 0.442 e. The molecule has 0 unspecified atom stereocenters. The number of hydrazine groups is 1. The first kappa shape index (κ1) is 28.1. The van der Waals surface area contributed by atoms with Crippen LogP contribution in [-0.2, 0) is 19.6 Å². The number of hydrogen-bond donors (Lipinski definition) is 2. The number of hydrogen-bond acceptors (Lipinski definition) is 8. The van der Waals surface area contributed by atoms with Gasteiger partial charge in [-0.3, -0.25) is 9.69 Å². The SMILES string of the molecule is CCN(CCN(NC)S(=O)(=O)c1ccccn1)c1ccc(N2C[C@H](CNC(=O)C(F)F)OC2=O)cc1F. The van der Waals surface area contributed by atoms with Crippen LogP contribution in [0.25, 0.3) is 0 Å². The second-order valence-corrected chi connectivity index (χ2v) is 9.66. The van der Waals surface area contributed by atoms with Crippen molar-refractivity contribution in [1.82, 2.24) is 20.1 Å². The van der Waals surface area contributed by atoms with Crippen LogP contribution in [0, 0.1) is 5.82 Å². The summed E-state index contributed by atoms with van der Waals surface area (Å²) in [6, 6.07) is 8.59. The van der Waals surface area contributed by atoms with E-state index in [1.165, 1.54) is 31.4 Å². The minimum atomic E-state index is -3.93. The fourth-order valence-electron chi connectivity index (χ4n) is 3.68. The third kappa shape index (κ3) is 6.67. The van der Waals surface area contributed by atoms with Gasteiger partial charge < -0.3 is 15.0 Å². The van der Waals surface area contributed by atoms with Gasteiger partial charge in [-0.25, -0.2) is 28.0 Å². The molecule has 0 bridgehead atoms. The molecule has 0 saturated carbocycles. The molecule has 0 radical (unpaired) electrons. The van der Waals surface area contributed by atoms with Crippen LogP contribution in [0.3, 0.4) is 0 Å². The molecule has 1 aliphatic rings. The molecule has 0 aliphatic carbocycles. The van der Waals surface area contributed by atoms with Gasteiger partial charge >= 0.3 is 12.5 Å². The van der Waals surface area contributed by atoms with Gasteiger partial charge in [-0.2, -0.15) is 8.78 Å². The number of carbonyl (C=O) groups excluding carboxylic acids is 2. The standard InChI is InChI=1S/C22H27F3N6O5S/c1-3-29(10-11-31(26-2)37(34,35)19-6-4-5-9-27-19)18-8-7-15(12-17(18)23)30-14-16(36-22(30)33)13-28-21(32)20(24)25/h4-9,12,16,20,26H,3,10-11,13-14H2,1-2H3,(H,28,32)/t16-/m0/s1. The van der Waals surface area contributed by atoms with Gasteiger partial charge in [0.15, 0.2) is 5.03 Å². The number of ether oxygens (including phenoxy) is 1. The lowest BCUT2D eigenvalue weighted by molar-refractivity contribution is -0.132. The van der Waals surface area contributed by atoms with Gasteiger partial charge in [-0.15, -0.1) is 4.41 Å². The van der Waals surface area contributed by atoms with Crippen LogP contribution in [0.2, 0.25) is 0 Å². The summed E-state index contributed by atoms with van der Waals surface area (Å²) in [7, 11) is -2.47. The van der Waals surface area contributed by atoms with E-state index in [0.717, 1.165) is 15.4 Å². The lowest BCUT2D eigenvalue weighted by Gasteiger charge is -2.28. The lowest BCUT2D eigenvalue weighted by atomic mass is 10.2. The number of nitrogens with one attached hydrogen (secondary N) is 2. The Hall–Kier alpha value is -3.43. The van der Waals surface area contributed by atoms with E-state index in [-0.39, 0.29) is 42.6 Å².